The summed E-state index contributed by atoms with van der Waals surface area (Å²) in [5, 5.41) is 6.61. The first-order valence-electron chi connectivity index (χ1n) is 5.58. The van der Waals surface area contributed by atoms with Gasteiger partial charge in [0.1, 0.15) is 12.1 Å². The van der Waals surface area contributed by atoms with Gasteiger partial charge in [-0.2, -0.15) is 0 Å². The van der Waals surface area contributed by atoms with Crippen LogP contribution in [0.4, 0.5) is 5.82 Å². The average Bonchev–Trinajstić information content (AvgIpc) is 2.23. The molecule has 0 aliphatic carbocycles. The molecule has 0 spiro atoms. The van der Waals surface area contributed by atoms with E-state index in [0.29, 0.717) is 12.0 Å². The van der Waals surface area contributed by atoms with E-state index in [0.717, 1.165) is 31.0 Å². The Balaban J connectivity index is 2.04. The van der Waals surface area contributed by atoms with Crippen molar-refractivity contribution in [3.63, 3.8) is 0 Å². The largest absolute Gasteiger partial charge is 0.365 e. The lowest BCUT2D eigenvalue weighted by Gasteiger charge is -2.28. The lowest BCUT2D eigenvalue weighted by atomic mass is 10.0. The zero-order valence-corrected chi connectivity index (χ0v) is 9.33. The number of aromatic nitrogens is 2. The van der Waals surface area contributed by atoms with Crippen LogP contribution in [0.25, 0.3) is 0 Å². The number of nitrogens with zero attached hydrogens (tertiary/aromatic N) is 2. The molecule has 1 aliphatic rings. The third-order valence-corrected chi connectivity index (χ3v) is 2.94. The maximum atomic E-state index is 4.29. The molecule has 1 atom stereocenters. The Morgan fingerprint density at radius 3 is 2.93 bits per heavy atom. The molecular weight excluding hydrogens is 188 g/mol. The molecule has 1 aromatic heterocycles. The van der Waals surface area contributed by atoms with Crippen molar-refractivity contribution < 1.29 is 0 Å². The van der Waals surface area contributed by atoms with Crippen molar-refractivity contribution in [3.05, 3.63) is 18.1 Å². The van der Waals surface area contributed by atoms with Crippen molar-refractivity contribution in [2.75, 3.05) is 18.4 Å². The first-order chi connectivity index (χ1) is 7.29. The number of hydrogen-bond donors (Lipinski definition) is 2. The Kier molecular flexibility index (Phi) is 3.16. The summed E-state index contributed by atoms with van der Waals surface area (Å²) < 4.78 is 0. The third kappa shape index (κ3) is 2.45. The summed E-state index contributed by atoms with van der Waals surface area (Å²) in [7, 11) is 0. The van der Waals surface area contributed by atoms with Crippen LogP contribution in [0, 0.1) is 0 Å². The van der Waals surface area contributed by atoms with Crippen LogP contribution in [0.2, 0.25) is 0 Å². The van der Waals surface area contributed by atoms with E-state index in [4.69, 9.17) is 0 Å². The van der Waals surface area contributed by atoms with E-state index in [1.165, 1.54) is 0 Å². The molecule has 0 aromatic carbocycles. The maximum Gasteiger partial charge on any atom is 0.129 e. The van der Waals surface area contributed by atoms with Gasteiger partial charge in [0, 0.05) is 24.8 Å². The van der Waals surface area contributed by atoms with Crippen LogP contribution in [-0.2, 0) is 0 Å². The second-order valence-electron chi connectivity index (χ2n) is 4.14. The van der Waals surface area contributed by atoms with E-state index < -0.39 is 0 Å². The number of rotatable bonds is 4. The van der Waals surface area contributed by atoms with Gasteiger partial charge < -0.3 is 10.6 Å². The average molecular weight is 206 g/mol. The molecule has 82 valence electrons. The molecule has 1 aliphatic heterocycles. The quantitative estimate of drug-likeness (QED) is 0.781. The Labute approximate surface area is 90.5 Å². The molecule has 1 unspecified atom stereocenters. The molecule has 1 aromatic rings. The van der Waals surface area contributed by atoms with E-state index in [2.05, 4.69) is 40.5 Å². The summed E-state index contributed by atoms with van der Waals surface area (Å²) in [6, 6.07) is 2.59. The number of anilines is 1. The minimum atomic E-state index is 0.507. The van der Waals surface area contributed by atoms with Gasteiger partial charge >= 0.3 is 0 Å². The van der Waals surface area contributed by atoms with E-state index >= 15 is 0 Å². The van der Waals surface area contributed by atoms with Gasteiger partial charge in [-0.25, -0.2) is 9.97 Å². The smallest absolute Gasteiger partial charge is 0.129 e. The molecule has 15 heavy (non-hydrogen) atoms. The summed E-state index contributed by atoms with van der Waals surface area (Å²) in [4.78, 5) is 8.52. The van der Waals surface area contributed by atoms with Crippen molar-refractivity contribution in [2.24, 2.45) is 0 Å². The molecule has 0 bridgehead atoms. The van der Waals surface area contributed by atoms with Gasteiger partial charge in [0.05, 0.1) is 6.04 Å². The van der Waals surface area contributed by atoms with Crippen LogP contribution >= 0.6 is 0 Å². The normalized spacial score (nSPS) is 18.3. The second-order valence-corrected chi connectivity index (χ2v) is 4.14. The van der Waals surface area contributed by atoms with Crippen molar-refractivity contribution in [1.29, 1.82) is 0 Å². The fourth-order valence-electron chi connectivity index (χ4n) is 1.53. The van der Waals surface area contributed by atoms with E-state index in [1.54, 1.807) is 6.33 Å². The summed E-state index contributed by atoms with van der Waals surface area (Å²) in [5.41, 5.74) is 1.13. The Morgan fingerprint density at radius 1 is 1.53 bits per heavy atom. The van der Waals surface area contributed by atoms with Crippen LogP contribution in [-0.4, -0.2) is 29.1 Å². The van der Waals surface area contributed by atoms with Crippen LogP contribution in [0.3, 0.4) is 0 Å². The number of hydrogen-bond acceptors (Lipinski definition) is 4. The monoisotopic (exact) mass is 206 g/mol. The highest BCUT2D eigenvalue weighted by Gasteiger charge is 2.16. The fourth-order valence-corrected chi connectivity index (χ4v) is 1.53. The fraction of sp³-hybridized carbons (Fsp3) is 0.636. The van der Waals surface area contributed by atoms with E-state index in [-0.39, 0.29) is 0 Å². The second kappa shape index (κ2) is 4.57. The van der Waals surface area contributed by atoms with E-state index in [1.807, 2.05) is 0 Å². The molecule has 1 saturated heterocycles. The zero-order valence-electron chi connectivity index (χ0n) is 9.33. The van der Waals surface area contributed by atoms with Crippen molar-refractivity contribution in [3.8, 4) is 0 Å². The summed E-state index contributed by atoms with van der Waals surface area (Å²) >= 11 is 0. The standard InChI is InChI=1S/C11H18N4/c1-3-8(2)10-4-11(14-7-13-10)15-9-5-12-6-9/h4,7-9,12H,3,5-6H2,1-2H3,(H,13,14,15). The van der Waals surface area contributed by atoms with Crippen LogP contribution in [0.1, 0.15) is 31.9 Å². The van der Waals surface area contributed by atoms with Crippen LogP contribution < -0.4 is 10.6 Å². The topological polar surface area (TPSA) is 49.8 Å². The molecule has 2 heterocycles. The molecule has 0 radical (unpaired) electrons. The predicted molar refractivity (Wildman–Crippen MR) is 61.0 cm³/mol. The van der Waals surface area contributed by atoms with Gasteiger partial charge in [-0.15, -0.1) is 0 Å². The minimum Gasteiger partial charge on any atom is -0.365 e. The summed E-state index contributed by atoms with van der Waals surface area (Å²) in [5.74, 6) is 1.46. The lowest BCUT2D eigenvalue weighted by Crippen LogP contribution is -2.51. The summed E-state index contributed by atoms with van der Waals surface area (Å²) in [6.45, 7) is 6.43. The van der Waals surface area contributed by atoms with Crippen LogP contribution in [0.5, 0.6) is 0 Å². The molecule has 4 nitrogen and oxygen atoms in total. The molecule has 0 amide bonds. The SMILES string of the molecule is CCC(C)c1cc(NC2CNC2)ncn1. The molecule has 2 N–H and O–H groups in total. The first-order valence-corrected chi connectivity index (χ1v) is 5.58. The predicted octanol–water partition coefficient (Wildman–Crippen LogP) is 1.37. The Hall–Kier alpha value is -1.16. The van der Waals surface area contributed by atoms with E-state index in [9.17, 15) is 0 Å². The number of nitrogens with one attached hydrogen (secondary N) is 2. The maximum absolute atomic E-state index is 4.29. The molecule has 2 rings (SSSR count). The molecule has 1 fully saturated rings. The third-order valence-electron chi connectivity index (χ3n) is 2.94. The molecular formula is C11H18N4. The Morgan fingerprint density at radius 2 is 2.33 bits per heavy atom. The van der Waals surface area contributed by atoms with Gasteiger partial charge in [0.2, 0.25) is 0 Å². The zero-order chi connectivity index (χ0) is 10.7. The first kappa shape index (κ1) is 10.4. The van der Waals surface area contributed by atoms with Crippen molar-refractivity contribution >= 4 is 5.82 Å². The van der Waals surface area contributed by atoms with Gasteiger partial charge in [0.25, 0.3) is 0 Å². The lowest BCUT2D eigenvalue weighted by molar-refractivity contribution is 0.471. The Bertz CT molecular complexity index is 322. The molecule has 0 saturated carbocycles. The van der Waals surface area contributed by atoms with Gasteiger partial charge in [-0.05, 0) is 12.3 Å². The van der Waals surface area contributed by atoms with Crippen molar-refractivity contribution in [1.82, 2.24) is 15.3 Å². The summed E-state index contributed by atoms with van der Waals surface area (Å²) in [6.07, 6.45) is 2.76. The molecule has 4 heteroatoms. The highest BCUT2D eigenvalue weighted by atomic mass is 15.1. The highest BCUT2D eigenvalue weighted by Crippen LogP contribution is 2.18. The van der Waals surface area contributed by atoms with Gasteiger partial charge in [0.15, 0.2) is 0 Å². The highest BCUT2D eigenvalue weighted by molar-refractivity contribution is 5.37. The van der Waals surface area contributed by atoms with Crippen molar-refractivity contribution in [2.45, 2.75) is 32.2 Å². The minimum absolute atomic E-state index is 0.507. The van der Waals surface area contributed by atoms with Gasteiger partial charge in [-0.1, -0.05) is 13.8 Å². The van der Waals surface area contributed by atoms with Crippen LogP contribution in [0.15, 0.2) is 12.4 Å². The van der Waals surface area contributed by atoms with Gasteiger partial charge in [-0.3, -0.25) is 0 Å².